The Kier molecular flexibility index (Phi) is 7.43. The van der Waals surface area contributed by atoms with Crippen LogP contribution < -0.4 is 19.5 Å². The highest BCUT2D eigenvalue weighted by atomic mass is 16.5. The fourth-order valence-corrected chi connectivity index (χ4v) is 2.78. The van der Waals surface area contributed by atoms with Crippen LogP contribution in [0.3, 0.4) is 0 Å². The van der Waals surface area contributed by atoms with Crippen molar-refractivity contribution < 1.29 is 23.8 Å². The molecule has 6 heteroatoms. The Balaban J connectivity index is 1.56. The van der Waals surface area contributed by atoms with E-state index in [0.29, 0.717) is 28.5 Å². The van der Waals surface area contributed by atoms with Gasteiger partial charge in [0.05, 0.1) is 14.2 Å². The second kappa shape index (κ2) is 10.6. The van der Waals surface area contributed by atoms with E-state index in [9.17, 15) is 9.59 Å². The van der Waals surface area contributed by atoms with Gasteiger partial charge in [-0.25, -0.2) is 0 Å². The molecule has 0 aliphatic rings. The molecule has 0 heterocycles. The van der Waals surface area contributed by atoms with E-state index < -0.39 is 0 Å². The zero-order valence-corrected chi connectivity index (χ0v) is 17.3. The highest BCUT2D eigenvalue weighted by Gasteiger charge is 2.06. The van der Waals surface area contributed by atoms with Crippen molar-refractivity contribution >= 4 is 23.5 Å². The number of nitrogens with one attached hydrogen (secondary N) is 1. The minimum atomic E-state index is -0.261. The first-order valence-electron chi connectivity index (χ1n) is 9.60. The third-order valence-electron chi connectivity index (χ3n) is 4.37. The van der Waals surface area contributed by atoms with E-state index in [-0.39, 0.29) is 18.3 Å². The van der Waals surface area contributed by atoms with Crippen LogP contribution in [0, 0.1) is 0 Å². The molecule has 0 fully saturated rings. The smallest absolute Gasteiger partial charge is 0.262 e. The average molecular weight is 417 g/mol. The van der Waals surface area contributed by atoms with Gasteiger partial charge in [0, 0.05) is 17.3 Å². The summed E-state index contributed by atoms with van der Waals surface area (Å²) in [6, 6.07) is 21.2. The van der Waals surface area contributed by atoms with Crippen molar-refractivity contribution in [1.82, 2.24) is 0 Å². The summed E-state index contributed by atoms with van der Waals surface area (Å²) in [7, 11) is 3.14. The largest absolute Gasteiger partial charge is 0.497 e. The number of ketones is 1. The van der Waals surface area contributed by atoms with Gasteiger partial charge in [-0.05, 0) is 60.2 Å². The van der Waals surface area contributed by atoms with Crippen molar-refractivity contribution in [2.24, 2.45) is 0 Å². The minimum Gasteiger partial charge on any atom is -0.497 e. The summed E-state index contributed by atoms with van der Waals surface area (Å²) in [5.74, 6) is 1.37. The molecule has 1 N–H and O–H groups in total. The van der Waals surface area contributed by atoms with E-state index in [1.54, 1.807) is 62.8 Å². The molecule has 0 saturated carbocycles. The zero-order chi connectivity index (χ0) is 22.1. The summed E-state index contributed by atoms with van der Waals surface area (Å²) in [6.45, 7) is -0.125. The summed E-state index contributed by atoms with van der Waals surface area (Å²) in [4.78, 5) is 24.4. The second-order valence-corrected chi connectivity index (χ2v) is 6.57. The summed E-state index contributed by atoms with van der Waals surface area (Å²) in [5, 5.41) is 2.75. The van der Waals surface area contributed by atoms with Crippen molar-refractivity contribution in [3.63, 3.8) is 0 Å². The number of anilines is 1. The number of carbonyl (C=O) groups is 2. The summed E-state index contributed by atoms with van der Waals surface area (Å²) >= 11 is 0. The molecule has 0 spiro atoms. The first-order chi connectivity index (χ1) is 15.1. The van der Waals surface area contributed by atoms with Crippen LogP contribution in [0.5, 0.6) is 17.2 Å². The fraction of sp³-hybridized carbons (Fsp3) is 0.120. The van der Waals surface area contributed by atoms with Crippen LogP contribution in [-0.4, -0.2) is 32.5 Å². The topological polar surface area (TPSA) is 73.9 Å². The molecule has 3 rings (SSSR count). The Bertz CT molecular complexity index is 1040. The van der Waals surface area contributed by atoms with Gasteiger partial charge < -0.3 is 19.5 Å². The lowest BCUT2D eigenvalue weighted by atomic mass is 10.1. The molecule has 3 aromatic carbocycles. The maximum atomic E-state index is 12.5. The van der Waals surface area contributed by atoms with Crippen LogP contribution in [0.4, 0.5) is 5.69 Å². The molecular weight excluding hydrogens is 394 g/mol. The van der Waals surface area contributed by atoms with Crippen molar-refractivity contribution in [2.45, 2.75) is 0 Å². The molecule has 0 saturated heterocycles. The number of hydrogen-bond donors (Lipinski definition) is 1. The molecule has 0 unspecified atom stereocenters. The predicted octanol–water partition coefficient (Wildman–Crippen LogP) is 4.62. The van der Waals surface area contributed by atoms with Gasteiger partial charge in [0.2, 0.25) is 0 Å². The molecule has 0 bridgehead atoms. The van der Waals surface area contributed by atoms with Crippen LogP contribution in [0.15, 0.2) is 78.9 Å². The van der Waals surface area contributed by atoms with Gasteiger partial charge in [-0.3, -0.25) is 9.59 Å². The number of ether oxygens (including phenoxy) is 3. The SMILES string of the molecule is COc1cc(/C=C/C(=O)c2ccc(OCC(=O)Nc3ccccc3)cc2)cc(OC)c1. The summed E-state index contributed by atoms with van der Waals surface area (Å²) in [5.41, 5.74) is 2.00. The van der Waals surface area contributed by atoms with Gasteiger partial charge in [-0.1, -0.05) is 24.3 Å². The number of allylic oxidation sites excluding steroid dienone is 1. The number of methoxy groups -OCH3 is 2. The Morgan fingerprint density at radius 1 is 0.839 bits per heavy atom. The monoisotopic (exact) mass is 417 g/mol. The van der Waals surface area contributed by atoms with Crippen LogP contribution >= 0.6 is 0 Å². The molecule has 158 valence electrons. The normalized spacial score (nSPS) is 10.5. The van der Waals surface area contributed by atoms with Gasteiger partial charge in [0.15, 0.2) is 12.4 Å². The summed E-state index contributed by atoms with van der Waals surface area (Å²) in [6.07, 6.45) is 3.18. The first-order valence-corrected chi connectivity index (χ1v) is 9.60. The zero-order valence-electron chi connectivity index (χ0n) is 17.3. The number of hydrogen-bond acceptors (Lipinski definition) is 5. The minimum absolute atomic E-state index is 0.125. The number of rotatable bonds is 9. The van der Waals surface area contributed by atoms with Crippen molar-refractivity contribution in [2.75, 3.05) is 26.1 Å². The lowest BCUT2D eigenvalue weighted by Crippen LogP contribution is -2.20. The highest BCUT2D eigenvalue weighted by Crippen LogP contribution is 2.23. The molecule has 3 aromatic rings. The van der Waals surface area contributed by atoms with Gasteiger partial charge in [-0.2, -0.15) is 0 Å². The van der Waals surface area contributed by atoms with E-state index in [1.165, 1.54) is 6.08 Å². The van der Waals surface area contributed by atoms with Crippen LogP contribution in [0.1, 0.15) is 15.9 Å². The predicted molar refractivity (Wildman–Crippen MR) is 120 cm³/mol. The van der Waals surface area contributed by atoms with E-state index in [2.05, 4.69) is 5.32 Å². The van der Waals surface area contributed by atoms with Gasteiger partial charge in [-0.15, -0.1) is 0 Å². The van der Waals surface area contributed by atoms with Gasteiger partial charge in [0.25, 0.3) is 5.91 Å². The van der Waals surface area contributed by atoms with Gasteiger partial charge >= 0.3 is 0 Å². The van der Waals surface area contributed by atoms with Crippen LogP contribution in [0.2, 0.25) is 0 Å². The molecule has 6 nitrogen and oxygen atoms in total. The Labute approximate surface area is 181 Å². The van der Waals surface area contributed by atoms with Crippen LogP contribution in [-0.2, 0) is 4.79 Å². The second-order valence-electron chi connectivity index (χ2n) is 6.57. The van der Waals surface area contributed by atoms with E-state index in [4.69, 9.17) is 14.2 Å². The molecule has 1 amide bonds. The van der Waals surface area contributed by atoms with E-state index in [1.807, 2.05) is 30.3 Å². The summed E-state index contributed by atoms with van der Waals surface area (Å²) < 4.78 is 16.0. The third kappa shape index (κ3) is 6.47. The quantitative estimate of drug-likeness (QED) is 0.406. The number of carbonyl (C=O) groups excluding carboxylic acids is 2. The molecule has 0 aliphatic heterocycles. The highest BCUT2D eigenvalue weighted by molar-refractivity contribution is 6.06. The number of benzene rings is 3. The van der Waals surface area contributed by atoms with Crippen molar-refractivity contribution in [3.8, 4) is 17.2 Å². The molecule has 0 radical (unpaired) electrons. The molecular formula is C25H23NO5. The van der Waals surface area contributed by atoms with E-state index in [0.717, 1.165) is 5.56 Å². The van der Waals surface area contributed by atoms with Gasteiger partial charge in [0.1, 0.15) is 17.2 Å². The standard InChI is InChI=1S/C25H23NO5/c1-29-22-14-18(15-23(16-22)30-2)8-13-24(27)19-9-11-21(12-10-19)31-17-25(28)26-20-6-4-3-5-7-20/h3-16H,17H2,1-2H3,(H,26,28)/b13-8+. The fourth-order valence-electron chi connectivity index (χ4n) is 2.78. The Morgan fingerprint density at radius 3 is 2.10 bits per heavy atom. The maximum absolute atomic E-state index is 12.5. The molecule has 0 atom stereocenters. The van der Waals surface area contributed by atoms with Crippen LogP contribution in [0.25, 0.3) is 6.08 Å². The van der Waals surface area contributed by atoms with Crippen molar-refractivity contribution in [1.29, 1.82) is 0 Å². The average Bonchev–Trinajstić information content (AvgIpc) is 2.82. The first kappa shape index (κ1) is 21.6. The number of amides is 1. The van der Waals surface area contributed by atoms with E-state index >= 15 is 0 Å². The van der Waals surface area contributed by atoms with Crippen molar-refractivity contribution in [3.05, 3.63) is 90.0 Å². The maximum Gasteiger partial charge on any atom is 0.262 e. The molecule has 0 aromatic heterocycles. The number of para-hydroxylation sites is 1. The molecule has 0 aliphatic carbocycles. The third-order valence-corrected chi connectivity index (χ3v) is 4.37. The Morgan fingerprint density at radius 2 is 1.48 bits per heavy atom. The lowest BCUT2D eigenvalue weighted by Gasteiger charge is -2.08. The Hall–Kier alpha value is -4.06. The molecule has 31 heavy (non-hydrogen) atoms. The lowest BCUT2D eigenvalue weighted by molar-refractivity contribution is -0.118.